The average molecular weight is 320 g/mol. The molecule has 1 atom stereocenters. The zero-order valence-corrected chi connectivity index (χ0v) is 12.5. The summed E-state index contributed by atoms with van der Waals surface area (Å²) in [4.78, 5) is 2.40. The van der Waals surface area contributed by atoms with E-state index in [1.165, 1.54) is 4.88 Å². The van der Waals surface area contributed by atoms with Gasteiger partial charge in [-0.15, -0.1) is 22.9 Å². The Labute approximate surface area is 113 Å². The van der Waals surface area contributed by atoms with Crippen LogP contribution in [0.15, 0.2) is 21.0 Å². The number of hydrogen-bond donors (Lipinski definition) is 0. The van der Waals surface area contributed by atoms with Gasteiger partial charge in [0.1, 0.15) is 11.5 Å². The van der Waals surface area contributed by atoms with Crippen LogP contribution in [-0.2, 0) is 0 Å². The van der Waals surface area contributed by atoms with Crippen molar-refractivity contribution in [3.05, 3.63) is 43.4 Å². The maximum atomic E-state index is 6.49. The van der Waals surface area contributed by atoms with Crippen molar-refractivity contribution in [2.24, 2.45) is 0 Å². The normalized spacial score (nSPS) is 13.1. The van der Waals surface area contributed by atoms with Gasteiger partial charge in [-0.3, -0.25) is 0 Å². The Morgan fingerprint density at radius 1 is 1.31 bits per heavy atom. The van der Waals surface area contributed by atoms with E-state index in [2.05, 4.69) is 28.9 Å². The molecule has 2 aromatic rings. The standard InChI is InChI=1S/C12H12BrClOS/c1-6-4-9(8(3)15-6)11(14)12-10(13)5-7(2)16-12/h4-5,11H,1-3H3. The van der Waals surface area contributed by atoms with E-state index in [1.54, 1.807) is 11.3 Å². The van der Waals surface area contributed by atoms with Gasteiger partial charge in [-0.05, 0) is 48.8 Å². The third kappa shape index (κ3) is 2.22. The number of hydrogen-bond acceptors (Lipinski definition) is 2. The van der Waals surface area contributed by atoms with Gasteiger partial charge in [0.15, 0.2) is 0 Å². The third-order valence-electron chi connectivity index (χ3n) is 2.42. The van der Waals surface area contributed by atoms with E-state index in [4.69, 9.17) is 16.0 Å². The van der Waals surface area contributed by atoms with E-state index in [-0.39, 0.29) is 5.38 Å². The third-order valence-corrected chi connectivity index (χ3v) is 5.04. The van der Waals surface area contributed by atoms with E-state index in [0.29, 0.717) is 0 Å². The Hall–Kier alpha value is -0.250. The number of furan rings is 1. The Balaban J connectivity index is 2.42. The molecule has 0 spiro atoms. The monoisotopic (exact) mass is 318 g/mol. The highest BCUT2D eigenvalue weighted by molar-refractivity contribution is 9.10. The minimum atomic E-state index is -0.134. The molecule has 0 saturated heterocycles. The Kier molecular flexibility index (Phi) is 3.48. The molecule has 1 unspecified atom stereocenters. The fourth-order valence-corrected chi connectivity index (χ4v) is 4.19. The molecule has 0 amide bonds. The highest BCUT2D eigenvalue weighted by Gasteiger charge is 2.20. The molecule has 0 N–H and O–H groups in total. The number of alkyl halides is 1. The van der Waals surface area contributed by atoms with E-state index in [9.17, 15) is 0 Å². The smallest absolute Gasteiger partial charge is 0.106 e. The average Bonchev–Trinajstić information content (AvgIpc) is 2.68. The van der Waals surface area contributed by atoms with Gasteiger partial charge in [-0.25, -0.2) is 0 Å². The van der Waals surface area contributed by atoms with Crippen LogP contribution in [-0.4, -0.2) is 0 Å². The van der Waals surface area contributed by atoms with Gasteiger partial charge in [0.2, 0.25) is 0 Å². The van der Waals surface area contributed by atoms with Crippen LogP contribution in [0.3, 0.4) is 0 Å². The summed E-state index contributed by atoms with van der Waals surface area (Å²) in [6.45, 7) is 5.97. The van der Waals surface area contributed by atoms with E-state index in [1.807, 2.05) is 19.9 Å². The van der Waals surface area contributed by atoms with Crippen molar-refractivity contribution in [1.29, 1.82) is 0 Å². The van der Waals surface area contributed by atoms with Crippen molar-refractivity contribution < 1.29 is 4.42 Å². The van der Waals surface area contributed by atoms with Gasteiger partial charge in [0.25, 0.3) is 0 Å². The first-order chi connectivity index (χ1) is 7.49. The van der Waals surface area contributed by atoms with Crippen molar-refractivity contribution in [3.8, 4) is 0 Å². The minimum absolute atomic E-state index is 0.134. The molecule has 0 saturated carbocycles. The van der Waals surface area contributed by atoms with Gasteiger partial charge in [-0.1, -0.05) is 0 Å². The summed E-state index contributed by atoms with van der Waals surface area (Å²) >= 11 is 11.7. The summed E-state index contributed by atoms with van der Waals surface area (Å²) < 4.78 is 6.59. The summed E-state index contributed by atoms with van der Waals surface area (Å²) in [6.07, 6.45) is 0. The first-order valence-corrected chi connectivity index (χ1v) is 7.00. The maximum absolute atomic E-state index is 6.49. The number of rotatable bonds is 2. The van der Waals surface area contributed by atoms with Crippen LogP contribution in [0.2, 0.25) is 0 Å². The number of halogens is 2. The molecule has 0 fully saturated rings. The molecule has 0 aliphatic rings. The van der Waals surface area contributed by atoms with Crippen LogP contribution in [0.1, 0.15) is 32.2 Å². The molecule has 0 aliphatic carbocycles. The lowest BCUT2D eigenvalue weighted by atomic mass is 10.1. The zero-order chi connectivity index (χ0) is 11.9. The lowest BCUT2D eigenvalue weighted by Crippen LogP contribution is -1.90. The van der Waals surface area contributed by atoms with Gasteiger partial charge in [0.05, 0.1) is 5.38 Å². The largest absolute Gasteiger partial charge is 0.466 e. The highest BCUT2D eigenvalue weighted by atomic mass is 79.9. The van der Waals surface area contributed by atoms with Gasteiger partial charge in [-0.2, -0.15) is 0 Å². The van der Waals surface area contributed by atoms with Crippen LogP contribution >= 0.6 is 38.9 Å². The summed E-state index contributed by atoms with van der Waals surface area (Å²) in [5.74, 6) is 1.80. The van der Waals surface area contributed by atoms with E-state index < -0.39 is 0 Å². The fraction of sp³-hybridized carbons (Fsp3) is 0.333. The first-order valence-electron chi connectivity index (χ1n) is 4.96. The molecule has 0 bridgehead atoms. The van der Waals surface area contributed by atoms with E-state index in [0.717, 1.165) is 26.4 Å². The SMILES string of the molecule is Cc1cc(C(Cl)c2sc(C)cc2Br)c(C)o1. The van der Waals surface area contributed by atoms with Crippen LogP contribution < -0.4 is 0 Å². The van der Waals surface area contributed by atoms with Gasteiger partial charge >= 0.3 is 0 Å². The van der Waals surface area contributed by atoms with E-state index >= 15 is 0 Å². The predicted octanol–water partition coefficient (Wildman–Crippen LogP) is 5.36. The molecular weight excluding hydrogens is 308 g/mol. The summed E-state index contributed by atoms with van der Waals surface area (Å²) in [6, 6.07) is 4.10. The van der Waals surface area contributed by atoms with Crippen LogP contribution in [0.5, 0.6) is 0 Å². The molecule has 0 radical (unpaired) electrons. The van der Waals surface area contributed by atoms with Crippen molar-refractivity contribution >= 4 is 38.9 Å². The first kappa shape index (κ1) is 12.2. The number of aryl methyl sites for hydroxylation is 3. The molecule has 0 aromatic carbocycles. The summed E-state index contributed by atoms with van der Waals surface area (Å²) in [5.41, 5.74) is 1.06. The second kappa shape index (κ2) is 4.55. The van der Waals surface area contributed by atoms with Crippen LogP contribution in [0, 0.1) is 20.8 Å². The molecule has 1 nitrogen and oxygen atoms in total. The Morgan fingerprint density at radius 3 is 2.44 bits per heavy atom. The van der Waals surface area contributed by atoms with Crippen molar-refractivity contribution in [2.45, 2.75) is 26.1 Å². The molecule has 2 rings (SSSR count). The predicted molar refractivity (Wildman–Crippen MR) is 72.6 cm³/mol. The molecular formula is C12H12BrClOS. The van der Waals surface area contributed by atoms with Crippen LogP contribution in [0.25, 0.3) is 0 Å². The molecule has 0 aliphatic heterocycles. The van der Waals surface area contributed by atoms with Crippen LogP contribution in [0.4, 0.5) is 0 Å². The molecule has 86 valence electrons. The Morgan fingerprint density at radius 2 is 2.00 bits per heavy atom. The zero-order valence-electron chi connectivity index (χ0n) is 9.30. The summed E-state index contributed by atoms with van der Waals surface area (Å²) in [5, 5.41) is -0.134. The molecule has 16 heavy (non-hydrogen) atoms. The fourth-order valence-electron chi connectivity index (χ4n) is 1.72. The van der Waals surface area contributed by atoms with Gasteiger partial charge < -0.3 is 4.42 Å². The molecule has 2 aromatic heterocycles. The highest BCUT2D eigenvalue weighted by Crippen LogP contribution is 2.41. The second-order valence-corrected chi connectivity index (χ2v) is 6.38. The van der Waals surface area contributed by atoms with Crippen molar-refractivity contribution in [3.63, 3.8) is 0 Å². The lowest BCUT2D eigenvalue weighted by Gasteiger charge is -2.06. The Bertz CT molecular complexity index is 469. The van der Waals surface area contributed by atoms with Crippen molar-refractivity contribution in [1.82, 2.24) is 0 Å². The number of thiophene rings is 1. The molecule has 2 heterocycles. The lowest BCUT2D eigenvalue weighted by molar-refractivity contribution is 0.501. The molecule has 4 heteroatoms. The van der Waals surface area contributed by atoms with Crippen molar-refractivity contribution in [2.75, 3.05) is 0 Å². The topological polar surface area (TPSA) is 13.1 Å². The second-order valence-electron chi connectivity index (χ2n) is 3.80. The van der Waals surface area contributed by atoms with Gasteiger partial charge in [0, 0.05) is 19.8 Å². The summed E-state index contributed by atoms with van der Waals surface area (Å²) in [7, 11) is 0. The maximum Gasteiger partial charge on any atom is 0.106 e. The minimum Gasteiger partial charge on any atom is -0.466 e. The quantitative estimate of drug-likeness (QED) is 0.679.